The van der Waals surface area contributed by atoms with Gasteiger partial charge in [0, 0.05) is 25.6 Å². The lowest BCUT2D eigenvalue weighted by molar-refractivity contribution is -0.135. The zero-order valence-electron chi connectivity index (χ0n) is 17.5. The molecule has 0 radical (unpaired) electrons. The van der Waals surface area contributed by atoms with Gasteiger partial charge in [0.1, 0.15) is 5.75 Å². The van der Waals surface area contributed by atoms with Crippen molar-refractivity contribution < 1.29 is 14.1 Å². The number of nitrogens with zero attached hydrogens (tertiary/aromatic N) is 4. The Labute approximate surface area is 172 Å². The molecule has 29 heavy (non-hydrogen) atoms. The van der Waals surface area contributed by atoms with E-state index in [2.05, 4.69) is 35.9 Å². The van der Waals surface area contributed by atoms with E-state index in [0.717, 1.165) is 50.5 Å². The second-order valence-corrected chi connectivity index (χ2v) is 8.76. The number of hydrogen-bond donors (Lipinski definition) is 0. The lowest BCUT2D eigenvalue weighted by Crippen LogP contribution is -2.45. The first-order valence-corrected chi connectivity index (χ1v) is 10.5. The Hall–Kier alpha value is -2.41. The van der Waals surface area contributed by atoms with Crippen LogP contribution in [0.15, 0.2) is 34.9 Å². The average molecular weight is 399 g/mol. The van der Waals surface area contributed by atoms with Crippen molar-refractivity contribution in [3.63, 3.8) is 0 Å². The van der Waals surface area contributed by atoms with Gasteiger partial charge >= 0.3 is 0 Å². The number of para-hydroxylation sites is 1. The van der Waals surface area contributed by atoms with Crippen molar-refractivity contribution in [3.05, 3.63) is 42.0 Å². The monoisotopic (exact) mass is 398 g/mol. The van der Waals surface area contributed by atoms with E-state index in [-0.39, 0.29) is 29.9 Å². The highest BCUT2D eigenvalue weighted by Gasteiger charge is 2.46. The molecule has 156 valence electrons. The van der Waals surface area contributed by atoms with Crippen LogP contribution < -0.4 is 4.74 Å². The number of ether oxygens (including phenoxy) is 1. The first kappa shape index (κ1) is 19.9. The zero-order valence-corrected chi connectivity index (χ0v) is 17.5. The molecule has 7 heteroatoms. The molecule has 1 spiro atoms. The van der Waals surface area contributed by atoms with Gasteiger partial charge in [-0.25, -0.2) is 0 Å². The maximum absolute atomic E-state index is 12.5. The fourth-order valence-electron chi connectivity index (χ4n) is 4.52. The number of aromatic nitrogens is 2. The fraction of sp³-hybridized carbons (Fsp3) is 0.591. The fourth-order valence-corrected chi connectivity index (χ4v) is 4.52. The highest BCUT2D eigenvalue weighted by atomic mass is 16.5. The van der Waals surface area contributed by atoms with Gasteiger partial charge in [-0.1, -0.05) is 37.2 Å². The molecule has 0 saturated carbocycles. The van der Waals surface area contributed by atoms with Gasteiger partial charge in [0.2, 0.25) is 5.89 Å². The molecule has 2 aromatic rings. The molecule has 2 aliphatic heterocycles. The van der Waals surface area contributed by atoms with E-state index in [1.54, 1.807) is 0 Å². The Balaban J connectivity index is 1.32. The quantitative estimate of drug-likeness (QED) is 0.770. The third-order valence-corrected chi connectivity index (χ3v) is 6.27. The van der Waals surface area contributed by atoms with Crippen molar-refractivity contribution in [1.29, 1.82) is 0 Å². The maximum Gasteiger partial charge on any atom is 0.260 e. The van der Waals surface area contributed by atoms with Crippen LogP contribution in [-0.2, 0) is 4.79 Å². The number of carbonyl (C=O) groups excluding carboxylic acids is 1. The minimum Gasteiger partial charge on any atom is -0.484 e. The molecule has 1 aromatic heterocycles. The molecule has 1 amide bonds. The second-order valence-electron chi connectivity index (χ2n) is 8.76. The van der Waals surface area contributed by atoms with Gasteiger partial charge in [0.05, 0.1) is 6.04 Å². The SMILES string of the molecule is CC(C)c1nc(C2CC3(CCN(C(=O)COc4ccccc4)CC3)CN2C)no1. The Kier molecular flexibility index (Phi) is 5.58. The van der Waals surface area contributed by atoms with Crippen LogP contribution in [0.2, 0.25) is 0 Å². The number of benzene rings is 1. The Bertz CT molecular complexity index is 828. The van der Waals surface area contributed by atoms with Crippen LogP contribution >= 0.6 is 0 Å². The van der Waals surface area contributed by atoms with E-state index in [4.69, 9.17) is 9.26 Å². The van der Waals surface area contributed by atoms with Gasteiger partial charge in [-0.2, -0.15) is 4.98 Å². The third kappa shape index (κ3) is 4.29. The summed E-state index contributed by atoms with van der Waals surface area (Å²) in [4.78, 5) is 21.4. The average Bonchev–Trinajstić information content (AvgIpc) is 3.33. The summed E-state index contributed by atoms with van der Waals surface area (Å²) in [6.45, 7) is 6.78. The summed E-state index contributed by atoms with van der Waals surface area (Å²) >= 11 is 0. The van der Waals surface area contributed by atoms with Gasteiger partial charge in [-0.15, -0.1) is 0 Å². The Morgan fingerprint density at radius 1 is 1.28 bits per heavy atom. The predicted octanol–water partition coefficient (Wildman–Crippen LogP) is 3.26. The number of likely N-dealkylation sites (tertiary alicyclic amines) is 2. The predicted molar refractivity (Wildman–Crippen MR) is 109 cm³/mol. The summed E-state index contributed by atoms with van der Waals surface area (Å²) in [6, 6.07) is 9.68. The van der Waals surface area contributed by atoms with Gasteiger partial charge < -0.3 is 14.2 Å². The van der Waals surface area contributed by atoms with Crippen molar-refractivity contribution in [2.75, 3.05) is 33.3 Å². The smallest absolute Gasteiger partial charge is 0.260 e. The summed E-state index contributed by atoms with van der Waals surface area (Å²) in [5.41, 5.74) is 0.217. The van der Waals surface area contributed by atoms with Gasteiger partial charge in [-0.05, 0) is 43.9 Å². The van der Waals surface area contributed by atoms with Gasteiger partial charge in [-0.3, -0.25) is 9.69 Å². The Morgan fingerprint density at radius 3 is 2.66 bits per heavy atom. The standard InChI is InChI=1S/C22H30N4O3/c1-16(2)21-23-20(24-29-21)18-13-22(15-25(18)3)9-11-26(12-10-22)19(27)14-28-17-7-5-4-6-8-17/h4-8,16,18H,9-15H2,1-3H3. The largest absolute Gasteiger partial charge is 0.484 e. The molecule has 2 saturated heterocycles. The van der Waals surface area contributed by atoms with Crippen LogP contribution in [0.4, 0.5) is 0 Å². The van der Waals surface area contributed by atoms with Crippen molar-refractivity contribution in [3.8, 4) is 5.75 Å². The van der Waals surface area contributed by atoms with Crippen LogP contribution in [0.3, 0.4) is 0 Å². The second kappa shape index (κ2) is 8.14. The molecule has 4 rings (SSSR count). The van der Waals surface area contributed by atoms with Gasteiger partial charge in [0.15, 0.2) is 12.4 Å². The number of amides is 1. The Morgan fingerprint density at radius 2 is 2.00 bits per heavy atom. The number of rotatable bonds is 5. The summed E-state index contributed by atoms with van der Waals surface area (Å²) < 4.78 is 11.0. The van der Waals surface area contributed by atoms with Crippen LogP contribution in [-0.4, -0.2) is 59.1 Å². The van der Waals surface area contributed by atoms with E-state index in [9.17, 15) is 4.79 Å². The van der Waals surface area contributed by atoms with E-state index in [1.807, 2.05) is 35.2 Å². The molecule has 0 bridgehead atoms. The van der Waals surface area contributed by atoms with Gasteiger partial charge in [0.25, 0.3) is 5.91 Å². The van der Waals surface area contributed by atoms with Crippen LogP contribution in [0.25, 0.3) is 0 Å². The molecule has 7 nitrogen and oxygen atoms in total. The van der Waals surface area contributed by atoms with E-state index >= 15 is 0 Å². The topological polar surface area (TPSA) is 71.7 Å². The van der Waals surface area contributed by atoms with Crippen LogP contribution in [0.1, 0.15) is 56.8 Å². The summed E-state index contributed by atoms with van der Waals surface area (Å²) in [7, 11) is 2.13. The maximum atomic E-state index is 12.5. The number of piperidine rings is 1. The van der Waals surface area contributed by atoms with E-state index in [1.165, 1.54) is 0 Å². The number of hydrogen-bond acceptors (Lipinski definition) is 6. The molecular weight excluding hydrogens is 368 g/mol. The first-order chi connectivity index (χ1) is 14.0. The van der Waals surface area contributed by atoms with E-state index < -0.39 is 0 Å². The van der Waals surface area contributed by atoms with Crippen LogP contribution in [0, 0.1) is 5.41 Å². The van der Waals surface area contributed by atoms with Crippen molar-refractivity contribution in [2.45, 2.75) is 45.1 Å². The normalized spacial score (nSPS) is 21.8. The molecule has 0 aliphatic carbocycles. The number of carbonyl (C=O) groups is 1. The van der Waals surface area contributed by atoms with Crippen molar-refractivity contribution >= 4 is 5.91 Å². The highest BCUT2D eigenvalue weighted by Crippen LogP contribution is 2.47. The molecule has 2 aliphatic rings. The molecule has 1 atom stereocenters. The first-order valence-electron chi connectivity index (χ1n) is 10.5. The lowest BCUT2D eigenvalue weighted by atomic mass is 9.76. The minimum atomic E-state index is 0.0614. The van der Waals surface area contributed by atoms with Crippen molar-refractivity contribution in [1.82, 2.24) is 19.9 Å². The molecule has 1 unspecified atom stereocenters. The molecule has 0 N–H and O–H groups in total. The van der Waals surface area contributed by atoms with Crippen molar-refractivity contribution in [2.24, 2.45) is 5.41 Å². The summed E-state index contributed by atoms with van der Waals surface area (Å²) in [5.74, 6) is 2.53. The lowest BCUT2D eigenvalue weighted by Gasteiger charge is -2.39. The zero-order chi connectivity index (χ0) is 20.4. The van der Waals surface area contributed by atoms with E-state index in [0.29, 0.717) is 5.89 Å². The summed E-state index contributed by atoms with van der Waals surface area (Å²) in [5, 5.41) is 4.24. The molecular formula is C22H30N4O3. The molecule has 1 aromatic carbocycles. The molecule has 3 heterocycles. The summed E-state index contributed by atoms with van der Waals surface area (Å²) in [6.07, 6.45) is 3.02. The molecule has 2 fully saturated rings. The highest BCUT2D eigenvalue weighted by molar-refractivity contribution is 5.77. The van der Waals surface area contributed by atoms with Crippen LogP contribution in [0.5, 0.6) is 5.75 Å². The third-order valence-electron chi connectivity index (χ3n) is 6.27. The minimum absolute atomic E-state index is 0.0614.